The first-order chi connectivity index (χ1) is 14.8. The van der Waals surface area contributed by atoms with E-state index in [0.717, 1.165) is 5.56 Å². The van der Waals surface area contributed by atoms with Crippen molar-refractivity contribution >= 4 is 17.4 Å². The van der Waals surface area contributed by atoms with Gasteiger partial charge in [-0.3, -0.25) is 9.59 Å². The number of methoxy groups -OCH3 is 1. The molecular weight excluding hydrogens is 399 g/mol. The van der Waals surface area contributed by atoms with Gasteiger partial charge < -0.3 is 19.6 Å². The number of benzene rings is 2. The Hall–Kier alpha value is -3.19. The van der Waals surface area contributed by atoms with Crippen molar-refractivity contribution in [2.75, 3.05) is 34.3 Å². The molecule has 0 aliphatic carbocycles. The lowest BCUT2D eigenvalue weighted by Crippen LogP contribution is -2.32. The molecule has 1 saturated heterocycles. The van der Waals surface area contributed by atoms with Gasteiger partial charge in [-0.05, 0) is 52.2 Å². The molecule has 0 spiro atoms. The number of carbonyl (C=O) groups excluding carboxylic acids is 2. The Morgan fingerprint density at radius 2 is 1.90 bits per heavy atom. The number of aliphatic hydroxyl groups is 1. The molecule has 1 N–H and O–H groups in total. The van der Waals surface area contributed by atoms with Crippen LogP contribution >= 0.6 is 0 Å². The van der Waals surface area contributed by atoms with E-state index in [1.165, 1.54) is 24.1 Å². The highest BCUT2D eigenvalue weighted by Crippen LogP contribution is 2.41. The largest absolute Gasteiger partial charge is 0.507 e. The molecule has 31 heavy (non-hydrogen) atoms. The fraction of sp³-hybridized carbons (Fsp3) is 0.333. The molecule has 1 amide bonds. The number of amides is 1. The van der Waals surface area contributed by atoms with Crippen molar-refractivity contribution in [2.24, 2.45) is 0 Å². The molecule has 6 nitrogen and oxygen atoms in total. The van der Waals surface area contributed by atoms with Crippen LogP contribution in [0.25, 0.3) is 5.76 Å². The standard InChI is InChI=1S/C24H27FN2O4/c1-15-10-11-19(31-4)17(14-15)22(28)20-21(16-8-5-6-9-18(16)25)27(24(30)23(20)29)13-7-12-26(2)3/h5-6,8-11,14,21,28H,7,12-13H2,1-4H3/b22-20+. The monoisotopic (exact) mass is 426 g/mol. The summed E-state index contributed by atoms with van der Waals surface area (Å²) < 4.78 is 20.1. The number of hydrogen-bond donors (Lipinski definition) is 1. The molecule has 1 aliphatic heterocycles. The van der Waals surface area contributed by atoms with Crippen LogP contribution < -0.4 is 4.74 Å². The molecular formula is C24H27FN2O4. The summed E-state index contributed by atoms with van der Waals surface area (Å²) in [7, 11) is 5.27. The Balaban J connectivity index is 2.18. The van der Waals surface area contributed by atoms with Gasteiger partial charge in [0.15, 0.2) is 0 Å². The summed E-state index contributed by atoms with van der Waals surface area (Å²) in [5, 5.41) is 11.2. The lowest BCUT2D eigenvalue weighted by atomic mass is 9.94. The third-order valence-corrected chi connectivity index (χ3v) is 5.35. The van der Waals surface area contributed by atoms with Gasteiger partial charge >= 0.3 is 0 Å². The van der Waals surface area contributed by atoms with Crippen molar-refractivity contribution in [1.82, 2.24) is 9.80 Å². The Morgan fingerprint density at radius 1 is 1.19 bits per heavy atom. The molecule has 0 aromatic heterocycles. The minimum absolute atomic E-state index is 0.135. The Bertz CT molecular complexity index is 1030. The summed E-state index contributed by atoms with van der Waals surface area (Å²) in [5.74, 6) is -2.15. The molecule has 1 unspecified atom stereocenters. The van der Waals surface area contributed by atoms with Gasteiger partial charge in [-0.15, -0.1) is 0 Å². The van der Waals surface area contributed by atoms with Gasteiger partial charge in [0.05, 0.1) is 24.3 Å². The minimum atomic E-state index is -1.02. The summed E-state index contributed by atoms with van der Waals surface area (Å²) >= 11 is 0. The average molecular weight is 426 g/mol. The quantitative estimate of drug-likeness (QED) is 0.417. The number of rotatable bonds is 7. The smallest absolute Gasteiger partial charge is 0.295 e. The molecule has 3 rings (SSSR count). The van der Waals surface area contributed by atoms with Crippen LogP contribution in [0.1, 0.15) is 29.2 Å². The zero-order chi connectivity index (χ0) is 22.7. The summed E-state index contributed by atoms with van der Waals surface area (Å²) in [6, 6.07) is 10.1. The van der Waals surface area contributed by atoms with Crippen LogP contribution in [0.3, 0.4) is 0 Å². The van der Waals surface area contributed by atoms with E-state index in [0.29, 0.717) is 18.7 Å². The molecule has 7 heteroatoms. The first-order valence-electron chi connectivity index (χ1n) is 10.1. The highest BCUT2D eigenvalue weighted by molar-refractivity contribution is 6.46. The number of ketones is 1. The van der Waals surface area contributed by atoms with Crippen LogP contribution in [0, 0.1) is 12.7 Å². The summed E-state index contributed by atoms with van der Waals surface area (Å²) in [6.07, 6.45) is 0.596. The molecule has 2 aromatic carbocycles. The van der Waals surface area contributed by atoms with E-state index in [1.807, 2.05) is 32.0 Å². The lowest BCUT2D eigenvalue weighted by molar-refractivity contribution is -0.140. The number of Topliss-reactive ketones (excluding diaryl/α,β-unsaturated/α-hetero) is 1. The SMILES string of the molecule is COc1ccc(C)cc1/C(O)=C1\C(=O)C(=O)N(CCCN(C)C)C1c1ccccc1F. The van der Waals surface area contributed by atoms with E-state index in [2.05, 4.69) is 0 Å². The topological polar surface area (TPSA) is 70.1 Å². The van der Waals surface area contributed by atoms with Gasteiger partial charge in [0.2, 0.25) is 0 Å². The molecule has 1 heterocycles. The van der Waals surface area contributed by atoms with Gasteiger partial charge in [0, 0.05) is 12.1 Å². The average Bonchev–Trinajstić information content (AvgIpc) is 2.98. The summed E-state index contributed by atoms with van der Waals surface area (Å²) in [4.78, 5) is 29.2. The number of aliphatic hydroxyl groups excluding tert-OH is 1. The molecule has 0 radical (unpaired) electrons. The summed E-state index contributed by atoms with van der Waals surface area (Å²) in [6.45, 7) is 2.78. The fourth-order valence-electron chi connectivity index (χ4n) is 3.84. The van der Waals surface area contributed by atoms with Gasteiger partial charge in [-0.25, -0.2) is 4.39 Å². The first-order valence-corrected chi connectivity index (χ1v) is 10.1. The molecule has 164 valence electrons. The first kappa shape index (κ1) is 22.5. The fourth-order valence-corrected chi connectivity index (χ4v) is 3.84. The van der Waals surface area contributed by atoms with Crippen LogP contribution in [-0.4, -0.2) is 60.9 Å². The molecule has 0 bridgehead atoms. The number of hydrogen-bond acceptors (Lipinski definition) is 5. The Kier molecular flexibility index (Phi) is 6.75. The van der Waals surface area contributed by atoms with Gasteiger partial charge in [0.1, 0.15) is 17.3 Å². The van der Waals surface area contributed by atoms with Crippen molar-refractivity contribution in [2.45, 2.75) is 19.4 Å². The van der Waals surface area contributed by atoms with E-state index in [9.17, 15) is 19.1 Å². The lowest BCUT2D eigenvalue weighted by Gasteiger charge is -2.26. The highest BCUT2D eigenvalue weighted by Gasteiger charge is 2.46. The predicted octanol–water partition coefficient (Wildman–Crippen LogP) is 3.52. The van der Waals surface area contributed by atoms with Crippen LogP contribution in [0.4, 0.5) is 4.39 Å². The van der Waals surface area contributed by atoms with Crippen molar-refractivity contribution in [3.8, 4) is 5.75 Å². The van der Waals surface area contributed by atoms with Crippen molar-refractivity contribution < 1.29 is 23.8 Å². The van der Waals surface area contributed by atoms with Crippen LogP contribution in [-0.2, 0) is 9.59 Å². The highest BCUT2D eigenvalue weighted by atomic mass is 19.1. The van der Waals surface area contributed by atoms with Gasteiger partial charge in [0.25, 0.3) is 11.7 Å². The second-order valence-electron chi connectivity index (χ2n) is 7.87. The number of carbonyl (C=O) groups is 2. The Morgan fingerprint density at radius 3 is 2.55 bits per heavy atom. The predicted molar refractivity (Wildman–Crippen MR) is 116 cm³/mol. The number of likely N-dealkylation sites (tertiary alicyclic amines) is 1. The second kappa shape index (κ2) is 9.31. The number of nitrogens with zero attached hydrogens (tertiary/aromatic N) is 2. The zero-order valence-corrected chi connectivity index (χ0v) is 18.2. The van der Waals surface area contributed by atoms with Crippen molar-refractivity contribution in [1.29, 1.82) is 0 Å². The van der Waals surface area contributed by atoms with Crippen LogP contribution in [0.15, 0.2) is 48.0 Å². The van der Waals surface area contributed by atoms with E-state index >= 15 is 0 Å². The second-order valence-corrected chi connectivity index (χ2v) is 7.87. The van der Waals surface area contributed by atoms with Gasteiger partial charge in [-0.2, -0.15) is 0 Å². The maximum absolute atomic E-state index is 14.8. The van der Waals surface area contributed by atoms with E-state index < -0.39 is 23.5 Å². The molecule has 1 aliphatic rings. The van der Waals surface area contributed by atoms with E-state index in [4.69, 9.17) is 4.74 Å². The number of halogens is 1. The maximum atomic E-state index is 14.8. The van der Waals surface area contributed by atoms with E-state index in [-0.39, 0.29) is 29.0 Å². The zero-order valence-electron chi connectivity index (χ0n) is 18.2. The van der Waals surface area contributed by atoms with E-state index in [1.54, 1.807) is 24.3 Å². The maximum Gasteiger partial charge on any atom is 0.295 e. The van der Waals surface area contributed by atoms with Gasteiger partial charge in [-0.1, -0.05) is 29.8 Å². The third-order valence-electron chi connectivity index (χ3n) is 5.35. The summed E-state index contributed by atoms with van der Waals surface area (Å²) in [5.41, 5.74) is 1.16. The minimum Gasteiger partial charge on any atom is -0.507 e. The van der Waals surface area contributed by atoms with Crippen LogP contribution in [0.2, 0.25) is 0 Å². The normalized spacial score (nSPS) is 18.1. The molecule has 1 fully saturated rings. The number of ether oxygens (including phenoxy) is 1. The van der Waals surface area contributed by atoms with Crippen molar-refractivity contribution in [3.63, 3.8) is 0 Å². The Labute approximate surface area is 181 Å². The van der Waals surface area contributed by atoms with Crippen molar-refractivity contribution in [3.05, 3.63) is 70.5 Å². The third kappa shape index (κ3) is 4.46. The molecule has 1 atom stereocenters. The molecule has 0 saturated carbocycles. The molecule has 2 aromatic rings. The number of aryl methyl sites for hydroxylation is 1. The van der Waals surface area contributed by atoms with Crippen LogP contribution in [0.5, 0.6) is 5.75 Å².